The van der Waals surface area contributed by atoms with Crippen LogP contribution >= 0.6 is 0 Å². The van der Waals surface area contributed by atoms with Crippen molar-refractivity contribution >= 4 is 5.91 Å². The molecular weight excluding hydrogens is 252 g/mol. The van der Waals surface area contributed by atoms with Crippen LogP contribution < -0.4 is 4.74 Å². The molecule has 4 heteroatoms. The monoisotopic (exact) mass is 278 g/mol. The molecule has 0 aromatic heterocycles. The highest BCUT2D eigenvalue weighted by Crippen LogP contribution is 2.11. The maximum absolute atomic E-state index is 11.9. The van der Waals surface area contributed by atoms with Gasteiger partial charge in [0.15, 0.2) is 0 Å². The Morgan fingerprint density at radius 2 is 1.95 bits per heavy atom. The van der Waals surface area contributed by atoms with Crippen LogP contribution in [0.2, 0.25) is 0 Å². The lowest BCUT2D eigenvalue weighted by Crippen LogP contribution is -2.39. The molecule has 0 heterocycles. The zero-order chi connectivity index (χ0) is 15.0. The first kappa shape index (κ1) is 16.5. The van der Waals surface area contributed by atoms with Gasteiger partial charge in [-0.1, -0.05) is 12.1 Å². The minimum atomic E-state index is 0.174. The Morgan fingerprint density at radius 3 is 2.55 bits per heavy atom. The number of rotatable bonds is 8. The van der Waals surface area contributed by atoms with Gasteiger partial charge in [-0.2, -0.15) is 0 Å². The fraction of sp³-hybridized carbons (Fsp3) is 0.562. The lowest BCUT2D eigenvalue weighted by molar-refractivity contribution is -0.131. The van der Waals surface area contributed by atoms with E-state index in [0.717, 1.165) is 25.4 Å². The van der Waals surface area contributed by atoms with E-state index in [1.807, 2.05) is 61.9 Å². The van der Waals surface area contributed by atoms with Crippen LogP contribution in [-0.2, 0) is 4.79 Å². The molecule has 0 spiro atoms. The van der Waals surface area contributed by atoms with E-state index in [4.69, 9.17) is 4.74 Å². The average molecular weight is 278 g/mol. The van der Waals surface area contributed by atoms with Gasteiger partial charge in [-0.3, -0.25) is 9.69 Å². The zero-order valence-electron chi connectivity index (χ0n) is 13.1. The molecule has 1 aromatic rings. The molecule has 0 fully saturated rings. The Balaban J connectivity index is 2.29. The molecule has 0 bridgehead atoms. The topological polar surface area (TPSA) is 32.8 Å². The largest absolute Gasteiger partial charge is 0.492 e. The minimum Gasteiger partial charge on any atom is -0.492 e. The molecule has 0 atom stereocenters. The van der Waals surface area contributed by atoms with Crippen LogP contribution in [0.15, 0.2) is 24.3 Å². The third-order valence-electron chi connectivity index (χ3n) is 3.25. The maximum atomic E-state index is 11.9. The van der Waals surface area contributed by atoms with Crippen molar-refractivity contribution in [2.24, 2.45) is 0 Å². The number of hydrogen-bond donors (Lipinski definition) is 0. The molecule has 112 valence electrons. The van der Waals surface area contributed by atoms with Crippen LogP contribution in [0, 0.1) is 6.92 Å². The van der Waals surface area contributed by atoms with E-state index in [0.29, 0.717) is 13.2 Å². The van der Waals surface area contributed by atoms with Crippen molar-refractivity contribution in [3.8, 4) is 5.75 Å². The van der Waals surface area contributed by atoms with Gasteiger partial charge in [-0.05, 0) is 45.5 Å². The van der Waals surface area contributed by atoms with Crippen LogP contribution in [0.4, 0.5) is 0 Å². The molecule has 1 rings (SSSR count). The molecule has 1 aromatic carbocycles. The van der Waals surface area contributed by atoms with Gasteiger partial charge >= 0.3 is 0 Å². The van der Waals surface area contributed by atoms with Crippen LogP contribution in [0.3, 0.4) is 0 Å². The Kier molecular flexibility index (Phi) is 7.09. The molecule has 1 amide bonds. The number of nitrogens with zero attached hydrogens (tertiary/aromatic N) is 2. The number of carbonyl (C=O) groups is 1. The van der Waals surface area contributed by atoms with Crippen molar-refractivity contribution in [3.05, 3.63) is 29.8 Å². The van der Waals surface area contributed by atoms with E-state index in [9.17, 15) is 4.79 Å². The number of aryl methyl sites for hydroxylation is 1. The highest BCUT2D eigenvalue weighted by atomic mass is 16.5. The maximum Gasteiger partial charge on any atom is 0.236 e. The van der Waals surface area contributed by atoms with Gasteiger partial charge in [0, 0.05) is 19.6 Å². The van der Waals surface area contributed by atoms with Crippen LogP contribution in [0.1, 0.15) is 19.4 Å². The first-order chi connectivity index (χ1) is 9.56. The van der Waals surface area contributed by atoms with Crippen molar-refractivity contribution in [3.63, 3.8) is 0 Å². The van der Waals surface area contributed by atoms with Gasteiger partial charge in [0.05, 0.1) is 6.54 Å². The van der Waals surface area contributed by atoms with E-state index in [-0.39, 0.29) is 5.91 Å². The fourth-order valence-electron chi connectivity index (χ4n) is 2.01. The summed E-state index contributed by atoms with van der Waals surface area (Å²) in [5, 5.41) is 0. The molecule has 0 unspecified atom stereocenters. The summed E-state index contributed by atoms with van der Waals surface area (Å²) in [7, 11) is 1.95. The number of likely N-dealkylation sites (N-methyl/N-ethyl adjacent to an activating group) is 2. The van der Waals surface area contributed by atoms with E-state index < -0.39 is 0 Å². The van der Waals surface area contributed by atoms with Gasteiger partial charge in [0.2, 0.25) is 5.91 Å². The average Bonchev–Trinajstić information content (AvgIpc) is 2.40. The van der Waals surface area contributed by atoms with E-state index >= 15 is 0 Å². The minimum absolute atomic E-state index is 0.174. The van der Waals surface area contributed by atoms with E-state index in [1.165, 1.54) is 5.56 Å². The third-order valence-corrected chi connectivity index (χ3v) is 3.25. The smallest absolute Gasteiger partial charge is 0.236 e. The molecule has 20 heavy (non-hydrogen) atoms. The van der Waals surface area contributed by atoms with E-state index in [1.54, 1.807) is 0 Å². The molecule has 0 aliphatic rings. The summed E-state index contributed by atoms with van der Waals surface area (Å²) >= 11 is 0. The number of carbonyl (C=O) groups excluding carboxylic acids is 1. The van der Waals surface area contributed by atoms with Gasteiger partial charge in [0.1, 0.15) is 12.4 Å². The van der Waals surface area contributed by atoms with Gasteiger partial charge in [-0.25, -0.2) is 0 Å². The Morgan fingerprint density at radius 1 is 1.25 bits per heavy atom. The van der Waals surface area contributed by atoms with Crippen LogP contribution in [0.25, 0.3) is 0 Å². The predicted octanol–water partition coefficient (Wildman–Crippen LogP) is 2.17. The summed E-state index contributed by atoms with van der Waals surface area (Å²) in [5.74, 6) is 1.06. The summed E-state index contributed by atoms with van der Waals surface area (Å²) in [4.78, 5) is 15.8. The lowest BCUT2D eigenvalue weighted by Gasteiger charge is -2.23. The summed E-state index contributed by atoms with van der Waals surface area (Å²) in [6, 6.07) is 8.00. The standard InChI is InChI=1S/C16H26N2O2/c1-5-18(6-2)16(19)13-17(4)10-11-20-15-9-7-8-14(3)12-15/h7-9,12H,5-6,10-11,13H2,1-4H3. The van der Waals surface area contributed by atoms with Gasteiger partial charge in [0.25, 0.3) is 0 Å². The van der Waals surface area contributed by atoms with Crippen molar-refractivity contribution in [2.75, 3.05) is 39.8 Å². The second-order valence-corrected chi connectivity index (χ2v) is 4.97. The molecule has 0 saturated heterocycles. The van der Waals surface area contributed by atoms with Crippen LogP contribution in [0.5, 0.6) is 5.75 Å². The highest BCUT2D eigenvalue weighted by molar-refractivity contribution is 5.78. The second-order valence-electron chi connectivity index (χ2n) is 4.97. The van der Waals surface area contributed by atoms with Gasteiger partial charge in [-0.15, -0.1) is 0 Å². The fourth-order valence-corrected chi connectivity index (χ4v) is 2.01. The SMILES string of the molecule is CCN(CC)C(=O)CN(C)CCOc1cccc(C)c1. The molecule has 0 aliphatic heterocycles. The van der Waals surface area contributed by atoms with Crippen molar-refractivity contribution in [1.82, 2.24) is 9.80 Å². The molecule has 0 N–H and O–H groups in total. The van der Waals surface area contributed by atoms with Crippen molar-refractivity contribution in [2.45, 2.75) is 20.8 Å². The van der Waals surface area contributed by atoms with Crippen molar-refractivity contribution in [1.29, 1.82) is 0 Å². The second kappa shape index (κ2) is 8.59. The normalized spacial score (nSPS) is 10.7. The zero-order valence-corrected chi connectivity index (χ0v) is 13.1. The molecule has 0 saturated carbocycles. The molecule has 0 aliphatic carbocycles. The lowest BCUT2D eigenvalue weighted by atomic mass is 10.2. The molecule has 4 nitrogen and oxygen atoms in total. The first-order valence-corrected chi connectivity index (χ1v) is 7.22. The van der Waals surface area contributed by atoms with Crippen molar-refractivity contribution < 1.29 is 9.53 Å². The first-order valence-electron chi connectivity index (χ1n) is 7.22. The highest BCUT2D eigenvalue weighted by Gasteiger charge is 2.12. The van der Waals surface area contributed by atoms with E-state index in [2.05, 4.69) is 0 Å². The quantitative estimate of drug-likeness (QED) is 0.730. The third kappa shape index (κ3) is 5.61. The predicted molar refractivity (Wildman–Crippen MR) is 82.1 cm³/mol. The summed E-state index contributed by atoms with van der Waals surface area (Å²) in [6.07, 6.45) is 0. The number of benzene rings is 1. The number of hydrogen-bond acceptors (Lipinski definition) is 3. The summed E-state index contributed by atoms with van der Waals surface area (Å²) in [6.45, 7) is 9.35. The molecule has 0 radical (unpaired) electrons. The Hall–Kier alpha value is -1.55. The molecular formula is C16H26N2O2. The van der Waals surface area contributed by atoms with Crippen LogP contribution in [-0.4, -0.2) is 55.5 Å². The number of ether oxygens (including phenoxy) is 1. The van der Waals surface area contributed by atoms with Gasteiger partial charge < -0.3 is 9.64 Å². The Labute approximate surface area is 122 Å². The summed E-state index contributed by atoms with van der Waals surface area (Å²) < 4.78 is 5.69. The Bertz CT molecular complexity index is 417. The number of amides is 1. The summed E-state index contributed by atoms with van der Waals surface area (Å²) in [5.41, 5.74) is 1.19.